The van der Waals surface area contributed by atoms with Crippen molar-refractivity contribution in [3.05, 3.63) is 59.2 Å². The first-order chi connectivity index (χ1) is 13.1. The van der Waals surface area contributed by atoms with Crippen LogP contribution >= 0.6 is 0 Å². The quantitative estimate of drug-likeness (QED) is 0.468. The lowest BCUT2D eigenvalue weighted by atomic mass is 9.78. The topological polar surface area (TPSA) is 0 Å². The Morgan fingerprint density at radius 3 is 2.00 bits per heavy atom. The molecule has 0 nitrogen and oxygen atoms in total. The van der Waals surface area contributed by atoms with Crippen LogP contribution in [-0.4, -0.2) is 0 Å². The summed E-state index contributed by atoms with van der Waals surface area (Å²) in [5.41, 5.74) is 2.82. The highest BCUT2D eigenvalue weighted by atomic mass is 19.2. The molecule has 146 valence electrons. The molecule has 0 spiro atoms. The molecule has 1 fully saturated rings. The van der Waals surface area contributed by atoms with E-state index < -0.39 is 11.6 Å². The van der Waals surface area contributed by atoms with Crippen molar-refractivity contribution in [1.29, 1.82) is 0 Å². The van der Waals surface area contributed by atoms with Gasteiger partial charge < -0.3 is 0 Å². The highest BCUT2D eigenvalue weighted by Crippen LogP contribution is 2.34. The maximum absolute atomic E-state index is 14.3. The van der Waals surface area contributed by atoms with E-state index in [0.29, 0.717) is 17.5 Å². The lowest BCUT2D eigenvalue weighted by Gasteiger charge is -2.28. The third-order valence-electron chi connectivity index (χ3n) is 6.31. The highest BCUT2D eigenvalue weighted by molar-refractivity contribution is 5.65. The van der Waals surface area contributed by atoms with E-state index in [4.69, 9.17) is 0 Å². The number of halogens is 2. The monoisotopic (exact) mass is 370 g/mol. The zero-order valence-corrected chi connectivity index (χ0v) is 16.7. The van der Waals surface area contributed by atoms with Gasteiger partial charge in [-0.15, -0.1) is 0 Å². The Morgan fingerprint density at radius 2 is 1.41 bits per heavy atom. The van der Waals surface area contributed by atoms with Crippen molar-refractivity contribution in [2.24, 2.45) is 11.8 Å². The Morgan fingerprint density at radius 1 is 0.778 bits per heavy atom. The first-order valence-corrected chi connectivity index (χ1v) is 10.7. The van der Waals surface area contributed by atoms with Gasteiger partial charge in [-0.1, -0.05) is 88.8 Å². The Bertz CT molecular complexity index is 725. The molecule has 2 heteroatoms. The molecule has 0 atom stereocenters. The molecule has 0 unspecified atom stereocenters. The van der Waals surface area contributed by atoms with Crippen molar-refractivity contribution >= 4 is 0 Å². The van der Waals surface area contributed by atoms with Gasteiger partial charge in [-0.3, -0.25) is 0 Å². The van der Waals surface area contributed by atoms with Crippen LogP contribution in [0.25, 0.3) is 11.1 Å². The molecular formula is C25H32F2. The van der Waals surface area contributed by atoms with E-state index in [1.54, 1.807) is 12.1 Å². The predicted molar refractivity (Wildman–Crippen MR) is 110 cm³/mol. The second kappa shape index (κ2) is 9.48. The van der Waals surface area contributed by atoms with Gasteiger partial charge in [-0.25, -0.2) is 8.78 Å². The van der Waals surface area contributed by atoms with Gasteiger partial charge in [0.1, 0.15) is 0 Å². The van der Waals surface area contributed by atoms with E-state index in [0.717, 1.165) is 23.8 Å². The largest absolute Gasteiger partial charge is 0.203 e. The van der Waals surface area contributed by atoms with Crippen LogP contribution in [0.2, 0.25) is 0 Å². The van der Waals surface area contributed by atoms with Gasteiger partial charge in [0.25, 0.3) is 0 Å². The molecular weight excluding hydrogens is 338 g/mol. The summed E-state index contributed by atoms with van der Waals surface area (Å²) >= 11 is 0. The summed E-state index contributed by atoms with van der Waals surface area (Å²) in [5, 5.41) is 0. The maximum Gasteiger partial charge on any atom is 0.166 e. The minimum Gasteiger partial charge on any atom is -0.203 e. The molecule has 0 saturated heterocycles. The minimum atomic E-state index is -0.731. The van der Waals surface area contributed by atoms with Gasteiger partial charge in [0.15, 0.2) is 11.6 Å². The van der Waals surface area contributed by atoms with Crippen LogP contribution < -0.4 is 0 Å². The van der Waals surface area contributed by atoms with Crippen LogP contribution in [0.5, 0.6) is 0 Å². The van der Waals surface area contributed by atoms with Gasteiger partial charge in [-0.2, -0.15) is 0 Å². The third-order valence-corrected chi connectivity index (χ3v) is 6.31. The first-order valence-electron chi connectivity index (χ1n) is 10.7. The zero-order chi connectivity index (χ0) is 19.2. The summed E-state index contributed by atoms with van der Waals surface area (Å²) in [5.74, 6) is 0.370. The molecule has 1 aliphatic carbocycles. The van der Waals surface area contributed by atoms with E-state index in [2.05, 4.69) is 19.1 Å². The number of benzene rings is 2. The Kier molecular flexibility index (Phi) is 7.04. The number of rotatable bonds is 7. The van der Waals surface area contributed by atoms with E-state index in [1.807, 2.05) is 19.1 Å². The van der Waals surface area contributed by atoms with Gasteiger partial charge in [0, 0.05) is 5.56 Å². The van der Waals surface area contributed by atoms with E-state index in [9.17, 15) is 8.78 Å². The maximum atomic E-state index is 14.3. The summed E-state index contributed by atoms with van der Waals surface area (Å²) < 4.78 is 28.4. The molecule has 0 bridgehead atoms. The molecule has 2 aromatic carbocycles. The lowest BCUT2D eigenvalue weighted by Crippen LogP contribution is -2.15. The number of hydrogen-bond acceptors (Lipinski definition) is 0. The average Bonchev–Trinajstić information content (AvgIpc) is 2.70. The van der Waals surface area contributed by atoms with Crippen molar-refractivity contribution in [2.75, 3.05) is 0 Å². The van der Waals surface area contributed by atoms with E-state index >= 15 is 0 Å². The van der Waals surface area contributed by atoms with E-state index in [-0.39, 0.29) is 0 Å². The Labute approximate surface area is 163 Å². The van der Waals surface area contributed by atoms with E-state index in [1.165, 1.54) is 50.5 Å². The lowest BCUT2D eigenvalue weighted by molar-refractivity contribution is 0.252. The van der Waals surface area contributed by atoms with Gasteiger partial charge in [0.05, 0.1) is 0 Å². The minimum absolute atomic E-state index is 0.352. The number of hydrogen-bond donors (Lipinski definition) is 0. The van der Waals surface area contributed by atoms with Crippen molar-refractivity contribution < 1.29 is 8.78 Å². The van der Waals surface area contributed by atoms with Crippen LogP contribution in [0.1, 0.15) is 69.9 Å². The van der Waals surface area contributed by atoms with Crippen molar-refractivity contribution in [3.8, 4) is 11.1 Å². The first kappa shape index (κ1) is 20.0. The van der Waals surface area contributed by atoms with Crippen molar-refractivity contribution in [1.82, 2.24) is 0 Å². The summed E-state index contributed by atoms with van der Waals surface area (Å²) in [6.07, 6.45) is 11.1. The van der Waals surface area contributed by atoms with Gasteiger partial charge in [-0.05, 0) is 47.8 Å². The fourth-order valence-corrected chi connectivity index (χ4v) is 4.52. The summed E-state index contributed by atoms with van der Waals surface area (Å²) in [6, 6.07) is 11.4. The molecule has 0 amide bonds. The zero-order valence-electron chi connectivity index (χ0n) is 16.7. The molecule has 1 saturated carbocycles. The molecule has 3 rings (SSSR count). The summed E-state index contributed by atoms with van der Waals surface area (Å²) in [6.45, 7) is 4.12. The van der Waals surface area contributed by atoms with Gasteiger partial charge in [0.2, 0.25) is 0 Å². The third kappa shape index (κ3) is 4.97. The summed E-state index contributed by atoms with van der Waals surface area (Å²) in [4.78, 5) is 0. The molecule has 27 heavy (non-hydrogen) atoms. The van der Waals surface area contributed by atoms with Crippen LogP contribution in [0, 0.1) is 23.5 Å². The average molecular weight is 371 g/mol. The Hall–Kier alpha value is -1.70. The SMILES string of the molecule is CCC[C@H]1CC[C@H](CCc2ccc(-c3ccc(CC)c(F)c3F)cc2)CC1. The smallest absolute Gasteiger partial charge is 0.166 e. The van der Waals surface area contributed by atoms with Crippen LogP contribution in [0.15, 0.2) is 36.4 Å². The van der Waals surface area contributed by atoms with Crippen LogP contribution in [-0.2, 0) is 12.8 Å². The molecule has 2 aromatic rings. The van der Waals surface area contributed by atoms with Crippen LogP contribution in [0.4, 0.5) is 8.78 Å². The molecule has 1 aliphatic rings. The predicted octanol–water partition coefficient (Wildman–Crippen LogP) is 7.73. The van der Waals surface area contributed by atoms with Gasteiger partial charge >= 0.3 is 0 Å². The van der Waals surface area contributed by atoms with Crippen LogP contribution in [0.3, 0.4) is 0 Å². The molecule has 0 radical (unpaired) electrons. The molecule has 0 aliphatic heterocycles. The molecule has 0 N–H and O–H groups in total. The normalized spacial score (nSPS) is 20.0. The second-order valence-electron chi connectivity index (χ2n) is 8.16. The summed E-state index contributed by atoms with van der Waals surface area (Å²) in [7, 11) is 0. The second-order valence-corrected chi connectivity index (χ2v) is 8.16. The molecule has 0 heterocycles. The van der Waals surface area contributed by atoms with Crippen molar-refractivity contribution in [2.45, 2.75) is 71.6 Å². The van der Waals surface area contributed by atoms with Crippen molar-refractivity contribution in [3.63, 3.8) is 0 Å². The fraction of sp³-hybridized carbons (Fsp3) is 0.520. The fourth-order valence-electron chi connectivity index (χ4n) is 4.52. The molecule has 0 aromatic heterocycles. The Balaban J connectivity index is 1.58. The highest BCUT2D eigenvalue weighted by Gasteiger charge is 2.20. The number of aryl methyl sites for hydroxylation is 2. The standard InChI is InChI=1S/C25H32F2/c1-3-5-18-6-8-19(9-7-18)10-11-20-12-14-22(15-13-20)23-17-16-21(4-2)24(26)25(23)27/h12-19H,3-11H2,1-2H3/t18-,19-.